The lowest BCUT2D eigenvalue weighted by Crippen LogP contribution is -2.25. The van der Waals surface area contributed by atoms with E-state index in [0.29, 0.717) is 17.4 Å². The smallest absolute Gasteiger partial charge is 0.276 e. The zero-order valence-electron chi connectivity index (χ0n) is 16.0. The molecule has 0 atom stereocenters. The van der Waals surface area contributed by atoms with E-state index in [9.17, 15) is 4.79 Å². The first-order valence-corrected chi connectivity index (χ1v) is 9.68. The summed E-state index contributed by atoms with van der Waals surface area (Å²) in [6, 6.07) is 12.1. The van der Waals surface area contributed by atoms with E-state index >= 15 is 0 Å². The van der Waals surface area contributed by atoms with E-state index in [-0.39, 0.29) is 5.91 Å². The van der Waals surface area contributed by atoms with Gasteiger partial charge in [-0.05, 0) is 78.5 Å². The first-order valence-electron chi connectivity index (χ1n) is 9.27. The van der Waals surface area contributed by atoms with Gasteiger partial charge in [-0.1, -0.05) is 12.1 Å². The second-order valence-corrected chi connectivity index (χ2v) is 7.38. The third kappa shape index (κ3) is 3.60. The highest BCUT2D eigenvalue weighted by molar-refractivity contribution is 7.80. The number of hydrogen-bond acceptors (Lipinski definition) is 4. The molecule has 0 aromatic heterocycles. The van der Waals surface area contributed by atoms with E-state index < -0.39 is 0 Å². The van der Waals surface area contributed by atoms with Crippen molar-refractivity contribution < 1.29 is 14.3 Å². The molecule has 5 nitrogen and oxygen atoms in total. The van der Waals surface area contributed by atoms with Crippen molar-refractivity contribution in [3.63, 3.8) is 0 Å². The lowest BCUT2D eigenvalue weighted by atomic mass is 10.1. The first kappa shape index (κ1) is 18.5. The summed E-state index contributed by atoms with van der Waals surface area (Å²) < 4.78 is 11.5. The Bertz CT molecular complexity index is 984. The second-order valence-electron chi connectivity index (χ2n) is 7.00. The van der Waals surface area contributed by atoms with Crippen LogP contribution in [0, 0.1) is 0 Å². The Morgan fingerprint density at radius 1 is 1.18 bits per heavy atom. The number of likely N-dealkylation sites (N-methyl/N-ethyl adjacent to an activating group) is 1. The summed E-state index contributed by atoms with van der Waals surface area (Å²) in [4.78, 5) is 13.6. The molecule has 1 amide bonds. The normalized spacial score (nSPS) is 17.1. The number of aryl methyl sites for hydroxylation is 2. The Kier molecular flexibility index (Phi) is 5.05. The fraction of sp³-hybridized carbons (Fsp3) is 0.273. The number of fused-ring (bicyclic) bond motifs is 1. The summed E-state index contributed by atoms with van der Waals surface area (Å²) in [7, 11) is 3.30. The molecule has 1 N–H and O–H groups in total. The van der Waals surface area contributed by atoms with Crippen LogP contribution >= 0.6 is 12.2 Å². The molecule has 1 saturated heterocycles. The Morgan fingerprint density at radius 3 is 2.75 bits per heavy atom. The second kappa shape index (κ2) is 7.64. The van der Waals surface area contributed by atoms with Crippen LogP contribution in [0.2, 0.25) is 0 Å². The third-order valence-electron chi connectivity index (χ3n) is 5.16. The summed E-state index contributed by atoms with van der Waals surface area (Å²) in [5.41, 5.74) is 5.06. The van der Waals surface area contributed by atoms with Gasteiger partial charge in [0, 0.05) is 12.6 Å². The molecule has 1 aliphatic carbocycles. The third-order valence-corrected chi connectivity index (χ3v) is 5.54. The van der Waals surface area contributed by atoms with Gasteiger partial charge >= 0.3 is 0 Å². The molecule has 0 spiro atoms. The zero-order chi connectivity index (χ0) is 19.7. The number of benzene rings is 2. The molecular formula is C22H22N2O3S. The summed E-state index contributed by atoms with van der Waals surface area (Å²) in [5.74, 6) is 1.48. The van der Waals surface area contributed by atoms with Gasteiger partial charge in [0.2, 0.25) is 0 Å². The minimum absolute atomic E-state index is 0.142. The van der Waals surface area contributed by atoms with Crippen LogP contribution in [0.15, 0.2) is 42.1 Å². The Morgan fingerprint density at radius 2 is 2.00 bits per heavy atom. The molecule has 1 heterocycles. The van der Waals surface area contributed by atoms with Crippen molar-refractivity contribution in [1.29, 1.82) is 0 Å². The zero-order valence-corrected chi connectivity index (χ0v) is 16.8. The van der Waals surface area contributed by atoms with Gasteiger partial charge in [0.25, 0.3) is 5.91 Å². The Labute approximate surface area is 169 Å². The van der Waals surface area contributed by atoms with Gasteiger partial charge in [-0.25, -0.2) is 0 Å². The van der Waals surface area contributed by atoms with Gasteiger partial charge in [0.15, 0.2) is 5.11 Å². The van der Waals surface area contributed by atoms with E-state index in [4.69, 9.17) is 21.7 Å². The van der Waals surface area contributed by atoms with Crippen LogP contribution in [0.3, 0.4) is 0 Å². The van der Waals surface area contributed by atoms with Crippen LogP contribution < -0.4 is 14.8 Å². The molecule has 2 aromatic rings. The molecule has 6 heteroatoms. The monoisotopic (exact) mass is 394 g/mol. The fourth-order valence-corrected chi connectivity index (χ4v) is 3.78. The van der Waals surface area contributed by atoms with Gasteiger partial charge in [0.05, 0.1) is 7.11 Å². The van der Waals surface area contributed by atoms with E-state index in [1.54, 1.807) is 20.2 Å². The molecule has 28 heavy (non-hydrogen) atoms. The average molecular weight is 394 g/mol. The van der Waals surface area contributed by atoms with Crippen LogP contribution in [-0.4, -0.2) is 30.1 Å². The maximum absolute atomic E-state index is 12.2. The highest BCUT2D eigenvalue weighted by atomic mass is 32.1. The van der Waals surface area contributed by atoms with Crippen molar-refractivity contribution in [1.82, 2.24) is 10.2 Å². The number of thiocarbonyl (C=S) groups is 1. The quantitative estimate of drug-likeness (QED) is 0.622. The van der Waals surface area contributed by atoms with Crippen molar-refractivity contribution in [2.24, 2.45) is 0 Å². The molecule has 0 bridgehead atoms. The maximum Gasteiger partial charge on any atom is 0.276 e. The van der Waals surface area contributed by atoms with E-state index in [2.05, 4.69) is 17.4 Å². The standard InChI is InChI=1S/C22H22N2O3S/c1-24-21(25)19(23-22(24)28)11-14-6-9-20(26-2)17(10-14)13-27-18-8-7-15-4-3-5-16(15)12-18/h6-12H,3-5,13H2,1-2H3,(H,23,28)/b19-11+. The van der Waals surface area contributed by atoms with Crippen LogP contribution in [0.25, 0.3) is 6.08 Å². The molecular weight excluding hydrogens is 372 g/mol. The fourth-order valence-electron chi connectivity index (χ4n) is 3.59. The number of rotatable bonds is 5. The number of methoxy groups -OCH3 is 1. The molecule has 0 radical (unpaired) electrons. The number of nitrogens with one attached hydrogen (secondary N) is 1. The minimum Gasteiger partial charge on any atom is -0.496 e. The molecule has 0 unspecified atom stereocenters. The number of nitrogens with zero attached hydrogens (tertiary/aromatic N) is 1. The van der Waals surface area contributed by atoms with Crippen molar-refractivity contribution in [3.8, 4) is 11.5 Å². The highest BCUT2D eigenvalue weighted by Gasteiger charge is 2.27. The van der Waals surface area contributed by atoms with Gasteiger partial charge in [0.1, 0.15) is 23.8 Å². The van der Waals surface area contributed by atoms with Gasteiger partial charge in [-0.15, -0.1) is 0 Å². The number of carbonyl (C=O) groups excluding carboxylic acids is 1. The minimum atomic E-state index is -0.142. The predicted octanol–water partition coefficient (Wildman–Crippen LogP) is 3.45. The molecule has 0 saturated carbocycles. The average Bonchev–Trinajstić information content (AvgIpc) is 3.26. The van der Waals surface area contributed by atoms with Gasteiger partial charge in [-0.3, -0.25) is 9.69 Å². The molecule has 1 fully saturated rings. The van der Waals surface area contributed by atoms with Crippen molar-refractivity contribution >= 4 is 29.3 Å². The number of hydrogen-bond donors (Lipinski definition) is 1. The van der Waals surface area contributed by atoms with Crippen LogP contribution in [-0.2, 0) is 24.2 Å². The summed E-state index contributed by atoms with van der Waals surface area (Å²) in [6.07, 6.45) is 5.28. The van der Waals surface area contributed by atoms with Crippen LogP contribution in [0.1, 0.15) is 28.7 Å². The van der Waals surface area contributed by atoms with Gasteiger partial charge < -0.3 is 14.8 Å². The molecule has 144 valence electrons. The summed E-state index contributed by atoms with van der Waals surface area (Å²) in [5, 5.41) is 3.35. The van der Waals surface area contributed by atoms with Gasteiger partial charge in [-0.2, -0.15) is 0 Å². The Hall–Kier alpha value is -2.86. The SMILES string of the molecule is COc1ccc(/C=C2/NC(=S)N(C)C2=O)cc1COc1ccc2c(c1)CCC2. The molecule has 2 aromatic carbocycles. The maximum atomic E-state index is 12.2. The first-order chi connectivity index (χ1) is 13.5. The van der Waals surface area contributed by atoms with E-state index in [1.165, 1.54) is 22.4 Å². The molecule has 1 aliphatic heterocycles. The van der Waals surface area contributed by atoms with Crippen LogP contribution in [0.4, 0.5) is 0 Å². The molecule has 2 aliphatic rings. The molecule has 4 rings (SSSR count). The highest BCUT2D eigenvalue weighted by Crippen LogP contribution is 2.28. The Balaban J connectivity index is 1.54. The van der Waals surface area contributed by atoms with E-state index in [0.717, 1.165) is 35.5 Å². The van der Waals surface area contributed by atoms with Crippen molar-refractivity contribution in [3.05, 3.63) is 64.3 Å². The summed E-state index contributed by atoms with van der Waals surface area (Å²) in [6.45, 7) is 0.388. The van der Waals surface area contributed by atoms with Crippen molar-refractivity contribution in [2.75, 3.05) is 14.2 Å². The van der Waals surface area contributed by atoms with Crippen molar-refractivity contribution in [2.45, 2.75) is 25.9 Å². The number of carbonyl (C=O) groups is 1. The predicted molar refractivity (Wildman–Crippen MR) is 112 cm³/mol. The number of ether oxygens (including phenoxy) is 2. The lowest BCUT2D eigenvalue weighted by molar-refractivity contribution is -0.121. The lowest BCUT2D eigenvalue weighted by Gasteiger charge is -2.12. The topological polar surface area (TPSA) is 50.8 Å². The summed E-state index contributed by atoms with van der Waals surface area (Å²) >= 11 is 5.12. The largest absolute Gasteiger partial charge is 0.496 e. The van der Waals surface area contributed by atoms with Crippen LogP contribution in [0.5, 0.6) is 11.5 Å². The number of amides is 1. The van der Waals surface area contributed by atoms with E-state index in [1.807, 2.05) is 24.3 Å².